The summed E-state index contributed by atoms with van der Waals surface area (Å²) in [6, 6.07) is 2.39. The predicted molar refractivity (Wildman–Crippen MR) is 68.9 cm³/mol. The highest BCUT2D eigenvalue weighted by atomic mass is 32.1. The summed E-state index contributed by atoms with van der Waals surface area (Å²) in [5.41, 5.74) is 5.68. The van der Waals surface area contributed by atoms with Crippen molar-refractivity contribution in [2.45, 2.75) is 26.3 Å². The Morgan fingerprint density at radius 3 is 3.00 bits per heavy atom. The molecule has 3 N–H and O–H groups in total. The Bertz CT molecular complexity index is 476. The SMILES string of the molecule is CCC(CN)Nc1ncnc2sc(C)cc12. The van der Waals surface area contributed by atoms with Crippen LogP contribution < -0.4 is 11.1 Å². The minimum atomic E-state index is 0.276. The molecule has 0 aliphatic rings. The molecule has 0 amide bonds. The molecular formula is C11H16N4S. The predicted octanol–water partition coefficient (Wildman–Crippen LogP) is 2.15. The van der Waals surface area contributed by atoms with Crippen molar-refractivity contribution in [3.8, 4) is 0 Å². The lowest BCUT2D eigenvalue weighted by Crippen LogP contribution is -2.28. The minimum absolute atomic E-state index is 0.276. The Hall–Kier alpha value is -1.20. The van der Waals surface area contributed by atoms with Crippen LogP contribution in [0.1, 0.15) is 18.2 Å². The maximum atomic E-state index is 5.68. The van der Waals surface area contributed by atoms with Gasteiger partial charge in [0, 0.05) is 17.5 Å². The van der Waals surface area contributed by atoms with E-state index in [1.54, 1.807) is 17.7 Å². The fourth-order valence-corrected chi connectivity index (χ4v) is 2.46. The van der Waals surface area contributed by atoms with Crippen molar-refractivity contribution < 1.29 is 0 Å². The van der Waals surface area contributed by atoms with Gasteiger partial charge in [-0.2, -0.15) is 0 Å². The monoisotopic (exact) mass is 236 g/mol. The molecule has 1 atom stereocenters. The third-order valence-corrected chi connectivity index (χ3v) is 3.53. The number of nitrogens with two attached hydrogens (primary N) is 1. The number of anilines is 1. The van der Waals surface area contributed by atoms with Crippen molar-refractivity contribution in [3.05, 3.63) is 17.3 Å². The molecule has 2 aromatic heterocycles. The average Bonchev–Trinajstić information content (AvgIpc) is 2.67. The summed E-state index contributed by atoms with van der Waals surface area (Å²) in [5, 5.41) is 4.46. The number of hydrogen-bond donors (Lipinski definition) is 2. The van der Waals surface area contributed by atoms with Crippen LogP contribution in [0.25, 0.3) is 10.2 Å². The van der Waals surface area contributed by atoms with Crippen LogP contribution in [0, 0.1) is 6.92 Å². The van der Waals surface area contributed by atoms with E-state index in [0.29, 0.717) is 6.54 Å². The summed E-state index contributed by atoms with van der Waals surface area (Å²) in [4.78, 5) is 10.8. The first kappa shape index (κ1) is 11.3. The van der Waals surface area contributed by atoms with E-state index in [1.165, 1.54) is 4.88 Å². The fraction of sp³-hybridized carbons (Fsp3) is 0.455. The summed E-state index contributed by atoms with van der Waals surface area (Å²) in [6.07, 6.45) is 2.59. The number of thiophene rings is 1. The van der Waals surface area contributed by atoms with E-state index in [4.69, 9.17) is 5.73 Å². The van der Waals surface area contributed by atoms with Gasteiger partial charge in [-0.25, -0.2) is 9.97 Å². The third kappa shape index (κ3) is 2.15. The van der Waals surface area contributed by atoms with E-state index >= 15 is 0 Å². The van der Waals surface area contributed by atoms with Crippen molar-refractivity contribution in [3.63, 3.8) is 0 Å². The van der Waals surface area contributed by atoms with Crippen LogP contribution >= 0.6 is 11.3 Å². The molecule has 86 valence electrons. The molecular weight excluding hydrogens is 220 g/mol. The molecule has 16 heavy (non-hydrogen) atoms. The summed E-state index contributed by atoms with van der Waals surface area (Å²) in [7, 11) is 0. The molecule has 4 nitrogen and oxygen atoms in total. The quantitative estimate of drug-likeness (QED) is 0.853. The fourth-order valence-electron chi connectivity index (χ4n) is 1.61. The van der Waals surface area contributed by atoms with Gasteiger partial charge >= 0.3 is 0 Å². The van der Waals surface area contributed by atoms with Gasteiger partial charge < -0.3 is 11.1 Å². The molecule has 0 saturated carbocycles. The van der Waals surface area contributed by atoms with Gasteiger partial charge in [0.2, 0.25) is 0 Å². The molecule has 0 saturated heterocycles. The van der Waals surface area contributed by atoms with Gasteiger partial charge in [-0.05, 0) is 19.4 Å². The standard InChI is InChI=1S/C11H16N4S/c1-3-8(5-12)15-10-9-4-7(2)16-11(9)14-6-13-10/h4,6,8H,3,5,12H2,1-2H3,(H,13,14,15). The van der Waals surface area contributed by atoms with Crippen LogP contribution in [-0.4, -0.2) is 22.6 Å². The lowest BCUT2D eigenvalue weighted by Gasteiger charge is -2.15. The van der Waals surface area contributed by atoms with Crippen LogP contribution in [0.3, 0.4) is 0 Å². The lowest BCUT2D eigenvalue weighted by atomic mass is 10.2. The molecule has 0 aromatic carbocycles. The first-order chi connectivity index (χ1) is 7.74. The number of nitrogens with one attached hydrogen (secondary N) is 1. The summed E-state index contributed by atoms with van der Waals surface area (Å²) < 4.78 is 0. The highest BCUT2D eigenvalue weighted by molar-refractivity contribution is 7.18. The first-order valence-corrected chi connectivity index (χ1v) is 6.24. The Morgan fingerprint density at radius 2 is 2.31 bits per heavy atom. The summed E-state index contributed by atoms with van der Waals surface area (Å²) in [6.45, 7) is 4.81. The van der Waals surface area contributed by atoms with Crippen LogP contribution in [0.15, 0.2) is 12.4 Å². The smallest absolute Gasteiger partial charge is 0.138 e. The zero-order chi connectivity index (χ0) is 11.5. The van der Waals surface area contributed by atoms with Crippen LogP contribution in [0.2, 0.25) is 0 Å². The van der Waals surface area contributed by atoms with Gasteiger partial charge in [-0.15, -0.1) is 11.3 Å². The number of fused-ring (bicyclic) bond motifs is 1. The molecule has 0 spiro atoms. The molecule has 0 aliphatic carbocycles. The zero-order valence-corrected chi connectivity index (χ0v) is 10.3. The second-order valence-electron chi connectivity index (χ2n) is 3.78. The Kier molecular flexibility index (Phi) is 3.36. The van der Waals surface area contributed by atoms with E-state index in [-0.39, 0.29) is 6.04 Å². The maximum absolute atomic E-state index is 5.68. The van der Waals surface area contributed by atoms with Crippen LogP contribution in [-0.2, 0) is 0 Å². The second-order valence-corrected chi connectivity index (χ2v) is 5.02. The lowest BCUT2D eigenvalue weighted by molar-refractivity contribution is 0.701. The molecule has 0 aliphatic heterocycles. The topological polar surface area (TPSA) is 63.8 Å². The number of rotatable bonds is 4. The highest BCUT2D eigenvalue weighted by Crippen LogP contribution is 2.27. The number of aromatic nitrogens is 2. The number of aryl methyl sites for hydroxylation is 1. The molecule has 0 radical (unpaired) electrons. The largest absolute Gasteiger partial charge is 0.365 e. The van der Waals surface area contributed by atoms with E-state index in [1.807, 2.05) is 0 Å². The molecule has 1 unspecified atom stereocenters. The second kappa shape index (κ2) is 4.76. The van der Waals surface area contributed by atoms with Crippen molar-refractivity contribution in [1.82, 2.24) is 9.97 Å². The normalized spacial score (nSPS) is 12.9. The summed E-state index contributed by atoms with van der Waals surface area (Å²) >= 11 is 1.69. The van der Waals surface area contributed by atoms with Crippen molar-refractivity contribution in [2.75, 3.05) is 11.9 Å². The Labute approximate surface area is 98.9 Å². The zero-order valence-electron chi connectivity index (χ0n) is 9.53. The minimum Gasteiger partial charge on any atom is -0.365 e. The molecule has 5 heteroatoms. The van der Waals surface area contributed by atoms with Crippen LogP contribution in [0.4, 0.5) is 5.82 Å². The van der Waals surface area contributed by atoms with Gasteiger partial charge in [-0.1, -0.05) is 6.92 Å². The van der Waals surface area contributed by atoms with Crippen molar-refractivity contribution in [1.29, 1.82) is 0 Å². The van der Waals surface area contributed by atoms with Gasteiger partial charge in [-0.3, -0.25) is 0 Å². The van der Waals surface area contributed by atoms with Gasteiger partial charge in [0.05, 0.1) is 5.39 Å². The highest BCUT2D eigenvalue weighted by Gasteiger charge is 2.10. The van der Waals surface area contributed by atoms with E-state index in [0.717, 1.165) is 22.5 Å². The van der Waals surface area contributed by atoms with Crippen LogP contribution in [0.5, 0.6) is 0 Å². The Balaban J connectivity index is 2.36. The number of hydrogen-bond acceptors (Lipinski definition) is 5. The van der Waals surface area contributed by atoms with Gasteiger partial charge in [0.1, 0.15) is 17.0 Å². The summed E-state index contributed by atoms with van der Waals surface area (Å²) in [5.74, 6) is 0.895. The molecule has 0 fully saturated rings. The third-order valence-electron chi connectivity index (χ3n) is 2.57. The first-order valence-electron chi connectivity index (χ1n) is 5.42. The molecule has 2 heterocycles. The van der Waals surface area contributed by atoms with E-state index in [2.05, 4.69) is 35.2 Å². The average molecular weight is 236 g/mol. The Morgan fingerprint density at radius 1 is 1.50 bits per heavy atom. The molecule has 0 bridgehead atoms. The van der Waals surface area contributed by atoms with Gasteiger partial charge in [0.15, 0.2) is 0 Å². The number of nitrogens with zero attached hydrogens (tertiary/aromatic N) is 2. The van der Waals surface area contributed by atoms with E-state index < -0.39 is 0 Å². The van der Waals surface area contributed by atoms with E-state index in [9.17, 15) is 0 Å². The maximum Gasteiger partial charge on any atom is 0.138 e. The van der Waals surface area contributed by atoms with Gasteiger partial charge in [0.25, 0.3) is 0 Å². The van der Waals surface area contributed by atoms with Crippen molar-refractivity contribution in [2.24, 2.45) is 5.73 Å². The van der Waals surface area contributed by atoms with Crippen molar-refractivity contribution >= 4 is 27.4 Å². The molecule has 2 rings (SSSR count). The molecule has 2 aromatic rings.